The lowest BCUT2D eigenvalue weighted by Gasteiger charge is -1.99. The molecule has 0 fully saturated rings. The van der Waals surface area contributed by atoms with Gasteiger partial charge in [-0.05, 0) is 31.2 Å². The van der Waals surface area contributed by atoms with Crippen LogP contribution in [-0.4, -0.2) is 22.1 Å². The van der Waals surface area contributed by atoms with Crippen LogP contribution >= 0.6 is 0 Å². The fourth-order valence-corrected chi connectivity index (χ4v) is 1.28. The number of hydrazone groups is 1. The van der Waals surface area contributed by atoms with Crippen LogP contribution in [0, 0.1) is 6.92 Å². The van der Waals surface area contributed by atoms with Gasteiger partial charge in [0.1, 0.15) is 0 Å². The summed E-state index contributed by atoms with van der Waals surface area (Å²) in [5.41, 5.74) is 4.43. The highest BCUT2D eigenvalue weighted by Gasteiger charge is 2.03. The fraction of sp³-hybridized carbons (Fsp3) is 0.0769. The van der Waals surface area contributed by atoms with Gasteiger partial charge in [0, 0.05) is 18.1 Å². The van der Waals surface area contributed by atoms with E-state index in [0.717, 1.165) is 5.69 Å². The first kappa shape index (κ1) is 11.9. The van der Waals surface area contributed by atoms with Crippen LogP contribution in [0.15, 0.2) is 47.8 Å². The number of aryl methyl sites for hydroxylation is 1. The Morgan fingerprint density at radius 3 is 2.83 bits per heavy atom. The van der Waals surface area contributed by atoms with Gasteiger partial charge in [-0.15, -0.1) is 0 Å². The van der Waals surface area contributed by atoms with Crippen LogP contribution in [-0.2, 0) is 0 Å². The zero-order valence-electron chi connectivity index (χ0n) is 9.87. The third-order valence-electron chi connectivity index (χ3n) is 2.22. The first-order chi connectivity index (χ1) is 8.75. The molecular weight excluding hydrogens is 228 g/mol. The molecule has 2 rings (SSSR count). The second kappa shape index (κ2) is 5.67. The summed E-state index contributed by atoms with van der Waals surface area (Å²) >= 11 is 0. The number of pyridine rings is 2. The summed E-state index contributed by atoms with van der Waals surface area (Å²) in [6.07, 6.45) is 4.66. The van der Waals surface area contributed by atoms with Crippen LogP contribution in [0.2, 0.25) is 0 Å². The van der Waals surface area contributed by atoms with E-state index in [0.29, 0.717) is 11.3 Å². The number of carbonyl (C=O) groups excluding carboxylic acids is 1. The van der Waals surface area contributed by atoms with Gasteiger partial charge in [0.15, 0.2) is 0 Å². The Morgan fingerprint density at radius 2 is 2.17 bits per heavy atom. The molecule has 0 radical (unpaired) electrons. The van der Waals surface area contributed by atoms with Crippen molar-refractivity contribution in [2.75, 3.05) is 0 Å². The van der Waals surface area contributed by atoms with Crippen molar-refractivity contribution >= 4 is 12.1 Å². The first-order valence-electron chi connectivity index (χ1n) is 5.43. The first-order valence-corrected chi connectivity index (χ1v) is 5.43. The van der Waals surface area contributed by atoms with Crippen LogP contribution in [0.5, 0.6) is 0 Å². The van der Waals surface area contributed by atoms with E-state index in [4.69, 9.17) is 0 Å². The molecule has 0 spiro atoms. The Labute approximate surface area is 105 Å². The van der Waals surface area contributed by atoms with Crippen molar-refractivity contribution in [1.82, 2.24) is 15.4 Å². The second-order valence-corrected chi connectivity index (χ2v) is 3.64. The van der Waals surface area contributed by atoms with Crippen LogP contribution in [0.25, 0.3) is 0 Å². The molecule has 0 saturated heterocycles. The molecule has 0 aromatic carbocycles. The normalized spacial score (nSPS) is 10.5. The summed E-state index contributed by atoms with van der Waals surface area (Å²) in [7, 11) is 0. The third-order valence-corrected chi connectivity index (χ3v) is 2.22. The molecule has 0 aliphatic heterocycles. The van der Waals surface area contributed by atoms with Crippen molar-refractivity contribution in [2.24, 2.45) is 5.10 Å². The number of aromatic nitrogens is 2. The third kappa shape index (κ3) is 3.21. The van der Waals surface area contributed by atoms with Crippen LogP contribution in [0.3, 0.4) is 0 Å². The molecule has 0 atom stereocenters. The standard InChI is InChI=1S/C13H12N4O/c1-10-5-6-11(8-15-10)13(18)17-16-9-12-4-2-3-7-14-12/h2-9H,1H3,(H,17,18)/b16-9+. The number of nitrogens with one attached hydrogen (secondary N) is 1. The Bertz CT molecular complexity index is 549. The largest absolute Gasteiger partial charge is 0.272 e. The molecule has 18 heavy (non-hydrogen) atoms. The molecule has 90 valence electrons. The predicted octanol–water partition coefficient (Wildman–Crippen LogP) is 1.55. The maximum absolute atomic E-state index is 11.7. The molecule has 0 bridgehead atoms. The van der Waals surface area contributed by atoms with Crippen molar-refractivity contribution in [3.63, 3.8) is 0 Å². The quantitative estimate of drug-likeness (QED) is 0.653. The molecule has 5 nitrogen and oxygen atoms in total. The Hall–Kier alpha value is -2.56. The number of carbonyl (C=O) groups is 1. The van der Waals surface area contributed by atoms with Gasteiger partial charge < -0.3 is 0 Å². The maximum atomic E-state index is 11.7. The number of amides is 1. The Morgan fingerprint density at radius 1 is 1.28 bits per heavy atom. The average Bonchev–Trinajstić information content (AvgIpc) is 2.40. The van der Waals surface area contributed by atoms with E-state index in [1.165, 1.54) is 12.4 Å². The Kier molecular flexibility index (Phi) is 3.76. The van der Waals surface area contributed by atoms with Gasteiger partial charge in [0.05, 0.1) is 17.5 Å². The monoisotopic (exact) mass is 240 g/mol. The van der Waals surface area contributed by atoms with Gasteiger partial charge >= 0.3 is 0 Å². The smallest absolute Gasteiger partial charge is 0.267 e. The molecule has 1 N–H and O–H groups in total. The lowest BCUT2D eigenvalue weighted by atomic mass is 10.2. The van der Waals surface area contributed by atoms with Crippen molar-refractivity contribution in [3.05, 3.63) is 59.7 Å². The summed E-state index contributed by atoms with van der Waals surface area (Å²) in [4.78, 5) is 19.7. The predicted molar refractivity (Wildman–Crippen MR) is 68.3 cm³/mol. The zero-order chi connectivity index (χ0) is 12.8. The second-order valence-electron chi connectivity index (χ2n) is 3.64. The minimum absolute atomic E-state index is 0.297. The molecule has 1 amide bonds. The zero-order valence-corrected chi connectivity index (χ0v) is 9.87. The molecule has 0 aliphatic carbocycles. The van der Waals surface area contributed by atoms with Gasteiger partial charge in [-0.2, -0.15) is 5.10 Å². The van der Waals surface area contributed by atoms with Gasteiger partial charge in [-0.25, -0.2) is 5.43 Å². The van der Waals surface area contributed by atoms with Crippen LogP contribution < -0.4 is 5.43 Å². The Balaban J connectivity index is 1.96. The minimum Gasteiger partial charge on any atom is -0.267 e. The summed E-state index contributed by atoms with van der Waals surface area (Å²) in [5, 5.41) is 3.83. The van der Waals surface area contributed by atoms with E-state index in [1.807, 2.05) is 19.1 Å². The number of hydrogen-bond donors (Lipinski definition) is 1. The van der Waals surface area contributed by atoms with E-state index < -0.39 is 0 Å². The van der Waals surface area contributed by atoms with E-state index in [-0.39, 0.29) is 5.91 Å². The SMILES string of the molecule is Cc1ccc(C(=O)N/N=C/c2ccccn2)cn1. The van der Waals surface area contributed by atoms with Gasteiger partial charge in [0.25, 0.3) is 5.91 Å². The molecule has 0 unspecified atom stereocenters. The van der Waals surface area contributed by atoms with Gasteiger partial charge in [-0.3, -0.25) is 14.8 Å². The molecule has 0 saturated carbocycles. The van der Waals surface area contributed by atoms with Crippen molar-refractivity contribution in [1.29, 1.82) is 0 Å². The number of rotatable bonds is 3. The van der Waals surface area contributed by atoms with Crippen LogP contribution in [0.1, 0.15) is 21.7 Å². The van der Waals surface area contributed by atoms with E-state index >= 15 is 0 Å². The minimum atomic E-state index is -0.297. The highest BCUT2D eigenvalue weighted by molar-refractivity contribution is 5.94. The molecule has 2 aromatic rings. The maximum Gasteiger partial charge on any atom is 0.272 e. The fourth-order valence-electron chi connectivity index (χ4n) is 1.28. The lowest BCUT2D eigenvalue weighted by molar-refractivity contribution is 0.0955. The van der Waals surface area contributed by atoms with Gasteiger partial charge in [0.2, 0.25) is 0 Å². The van der Waals surface area contributed by atoms with E-state index in [2.05, 4.69) is 20.5 Å². The van der Waals surface area contributed by atoms with Gasteiger partial charge in [-0.1, -0.05) is 6.07 Å². The molecule has 5 heteroatoms. The molecule has 2 heterocycles. The van der Waals surface area contributed by atoms with Crippen molar-refractivity contribution in [2.45, 2.75) is 6.92 Å². The number of hydrogen-bond acceptors (Lipinski definition) is 4. The lowest BCUT2D eigenvalue weighted by Crippen LogP contribution is -2.17. The van der Waals surface area contributed by atoms with Crippen molar-refractivity contribution < 1.29 is 4.79 Å². The highest BCUT2D eigenvalue weighted by Crippen LogP contribution is 1.98. The number of nitrogens with zero attached hydrogens (tertiary/aromatic N) is 3. The topological polar surface area (TPSA) is 67.2 Å². The van der Waals surface area contributed by atoms with E-state index in [9.17, 15) is 4.79 Å². The molecule has 0 aliphatic rings. The average molecular weight is 240 g/mol. The van der Waals surface area contributed by atoms with Crippen LogP contribution in [0.4, 0.5) is 0 Å². The van der Waals surface area contributed by atoms with Crippen molar-refractivity contribution in [3.8, 4) is 0 Å². The molecular formula is C13H12N4O. The highest BCUT2D eigenvalue weighted by atomic mass is 16.2. The summed E-state index contributed by atoms with van der Waals surface area (Å²) < 4.78 is 0. The molecule has 2 aromatic heterocycles. The summed E-state index contributed by atoms with van der Waals surface area (Å²) in [5.74, 6) is -0.297. The summed E-state index contributed by atoms with van der Waals surface area (Å²) in [6.45, 7) is 1.86. The van der Waals surface area contributed by atoms with E-state index in [1.54, 1.807) is 24.4 Å². The summed E-state index contributed by atoms with van der Waals surface area (Å²) in [6, 6.07) is 8.93.